The molecule has 0 radical (unpaired) electrons. The first kappa shape index (κ1) is 15.0. The number of hydrogen-bond donors (Lipinski definition) is 2. The van der Waals surface area contributed by atoms with Crippen molar-refractivity contribution < 1.29 is 9.90 Å². The second-order valence-electron chi connectivity index (χ2n) is 4.24. The molecular weight excluding hydrogens is 288 g/mol. The predicted molar refractivity (Wildman–Crippen MR) is 82.3 cm³/mol. The Labute approximate surface area is 127 Å². The van der Waals surface area contributed by atoms with E-state index in [0.717, 1.165) is 0 Å². The first-order valence-electron chi connectivity index (χ1n) is 6.24. The lowest BCUT2D eigenvalue weighted by molar-refractivity contribution is 0.102. The fraction of sp³-hybridized carbons (Fsp3) is 0.125. The van der Waals surface area contributed by atoms with Crippen LogP contribution >= 0.6 is 11.6 Å². The maximum Gasteiger partial charge on any atom is 0.257 e. The molecule has 1 aromatic carbocycles. The minimum atomic E-state index is -0.269. The summed E-state index contributed by atoms with van der Waals surface area (Å²) in [7, 11) is 0. The number of pyridine rings is 1. The minimum absolute atomic E-state index is 0.262. The lowest BCUT2D eigenvalue weighted by Gasteiger charge is -2.09. The van der Waals surface area contributed by atoms with E-state index in [-0.39, 0.29) is 12.5 Å². The molecule has 0 saturated heterocycles. The van der Waals surface area contributed by atoms with E-state index < -0.39 is 0 Å². The number of nitrogens with one attached hydrogen (secondary N) is 1. The summed E-state index contributed by atoms with van der Waals surface area (Å²) < 4.78 is 0. The van der Waals surface area contributed by atoms with E-state index in [1.165, 1.54) is 0 Å². The molecule has 0 saturated carbocycles. The number of amides is 1. The van der Waals surface area contributed by atoms with Crippen LogP contribution in [0.4, 0.5) is 5.69 Å². The van der Waals surface area contributed by atoms with E-state index in [0.29, 0.717) is 27.5 Å². The van der Waals surface area contributed by atoms with E-state index in [1.807, 2.05) is 0 Å². The van der Waals surface area contributed by atoms with Gasteiger partial charge in [-0.3, -0.25) is 9.78 Å². The fourth-order valence-corrected chi connectivity index (χ4v) is 1.95. The van der Waals surface area contributed by atoms with Crippen molar-refractivity contribution in [2.24, 2.45) is 0 Å². The SMILES string of the molecule is Cc1ncccc1C(=O)Nc1ccc(Cl)cc1C#CCO. The zero-order chi connectivity index (χ0) is 15.2. The average Bonchev–Trinajstić information content (AvgIpc) is 2.47. The second kappa shape index (κ2) is 6.89. The highest BCUT2D eigenvalue weighted by Gasteiger charge is 2.11. The number of nitrogens with zero attached hydrogens (tertiary/aromatic N) is 1. The van der Waals surface area contributed by atoms with Crippen LogP contribution in [0.5, 0.6) is 0 Å². The van der Waals surface area contributed by atoms with Gasteiger partial charge >= 0.3 is 0 Å². The molecule has 0 spiro atoms. The average molecular weight is 301 g/mol. The Kier molecular flexibility index (Phi) is 4.94. The Hall–Kier alpha value is -2.35. The summed E-state index contributed by atoms with van der Waals surface area (Å²) >= 11 is 5.92. The zero-order valence-electron chi connectivity index (χ0n) is 11.4. The summed E-state index contributed by atoms with van der Waals surface area (Å²) in [5.74, 6) is 5.03. The highest BCUT2D eigenvalue weighted by atomic mass is 35.5. The molecule has 1 heterocycles. The third kappa shape index (κ3) is 3.82. The van der Waals surface area contributed by atoms with Crippen molar-refractivity contribution in [1.29, 1.82) is 0 Å². The minimum Gasteiger partial charge on any atom is -0.384 e. The number of aromatic nitrogens is 1. The van der Waals surface area contributed by atoms with Crippen molar-refractivity contribution in [2.45, 2.75) is 6.92 Å². The second-order valence-corrected chi connectivity index (χ2v) is 4.68. The van der Waals surface area contributed by atoms with Gasteiger partial charge in [0.1, 0.15) is 6.61 Å². The summed E-state index contributed by atoms with van der Waals surface area (Å²) in [5.41, 5.74) is 2.22. The molecule has 1 aromatic heterocycles. The molecule has 0 bridgehead atoms. The summed E-state index contributed by atoms with van der Waals surface area (Å²) in [6, 6.07) is 8.38. The Morgan fingerprint density at radius 3 is 2.95 bits per heavy atom. The van der Waals surface area contributed by atoms with Crippen LogP contribution < -0.4 is 5.32 Å². The highest BCUT2D eigenvalue weighted by molar-refractivity contribution is 6.30. The molecule has 0 unspecified atom stereocenters. The number of anilines is 1. The quantitative estimate of drug-likeness (QED) is 0.838. The van der Waals surface area contributed by atoms with Crippen molar-refractivity contribution in [2.75, 3.05) is 11.9 Å². The molecular formula is C16H13ClN2O2. The lowest BCUT2D eigenvalue weighted by atomic mass is 10.1. The molecule has 4 nitrogen and oxygen atoms in total. The Balaban J connectivity index is 2.31. The number of aryl methyl sites for hydroxylation is 1. The number of benzene rings is 1. The summed E-state index contributed by atoms with van der Waals surface area (Å²) in [6.07, 6.45) is 1.63. The van der Waals surface area contributed by atoms with Crippen LogP contribution in [0.1, 0.15) is 21.6 Å². The number of rotatable bonds is 2. The van der Waals surface area contributed by atoms with Gasteiger partial charge in [-0.05, 0) is 37.3 Å². The number of aliphatic hydroxyl groups excluding tert-OH is 1. The predicted octanol–water partition coefficient (Wildman–Crippen LogP) is 2.64. The molecule has 2 rings (SSSR count). The van der Waals surface area contributed by atoms with Crippen molar-refractivity contribution in [3.8, 4) is 11.8 Å². The molecule has 1 amide bonds. The van der Waals surface area contributed by atoms with Crippen molar-refractivity contribution >= 4 is 23.2 Å². The maximum atomic E-state index is 12.3. The summed E-state index contributed by atoms with van der Waals surface area (Å²) in [5, 5.41) is 12.1. The van der Waals surface area contributed by atoms with E-state index in [1.54, 1.807) is 43.5 Å². The van der Waals surface area contributed by atoms with Gasteiger partial charge in [-0.15, -0.1) is 0 Å². The van der Waals surface area contributed by atoms with Crippen LogP contribution in [0.2, 0.25) is 5.02 Å². The lowest BCUT2D eigenvalue weighted by Crippen LogP contribution is -2.14. The first-order chi connectivity index (χ1) is 10.1. The van der Waals surface area contributed by atoms with Crippen LogP contribution in [-0.2, 0) is 0 Å². The molecule has 2 N–H and O–H groups in total. The fourth-order valence-electron chi connectivity index (χ4n) is 1.78. The molecule has 0 aliphatic heterocycles. The number of carbonyl (C=O) groups excluding carboxylic acids is 1. The number of halogens is 1. The number of aliphatic hydroxyl groups is 1. The number of hydrogen-bond acceptors (Lipinski definition) is 3. The topological polar surface area (TPSA) is 62.2 Å². The van der Waals surface area contributed by atoms with Gasteiger partial charge < -0.3 is 10.4 Å². The van der Waals surface area contributed by atoms with Crippen molar-refractivity contribution in [3.05, 3.63) is 58.4 Å². The monoisotopic (exact) mass is 300 g/mol. The third-order valence-corrected chi connectivity index (χ3v) is 3.02. The van der Waals surface area contributed by atoms with E-state index in [9.17, 15) is 4.79 Å². The molecule has 0 fully saturated rings. The third-order valence-electron chi connectivity index (χ3n) is 2.78. The van der Waals surface area contributed by atoms with Gasteiger partial charge in [0.25, 0.3) is 5.91 Å². The van der Waals surface area contributed by atoms with Crippen LogP contribution in [0, 0.1) is 18.8 Å². The maximum absolute atomic E-state index is 12.3. The summed E-state index contributed by atoms with van der Waals surface area (Å²) in [4.78, 5) is 16.3. The Morgan fingerprint density at radius 1 is 1.43 bits per heavy atom. The van der Waals surface area contributed by atoms with Crippen LogP contribution in [-0.4, -0.2) is 22.6 Å². The molecule has 5 heteroatoms. The van der Waals surface area contributed by atoms with Gasteiger partial charge in [0, 0.05) is 22.5 Å². The van der Waals surface area contributed by atoms with Crippen LogP contribution in [0.25, 0.3) is 0 Å². The number of carbonyl (C=O) groups is 1. The Morgan fingerprint density at radius 2 is 2.24 bits per heavy atom. The van der Waals surface area contributed by atoms with E-state index >= 15 is 0 Å². The van der Waals surface area contributed by atoms with Crippen molar-refractivity contribution in [1.82, 2.24) is 4.98 Å². The van der Waals surface area contributed by atoms with Gasteiger partial charge in [0.2, 0.25) is 0 Å². The molecule has 2 aromatic rings. The van der Waals surface area contributed by atoms with Gasteiger partial charge in [-0.25, -0.2) is 0 Å². The standard InChI is InChI=1S/C16H13ClN2O2/c1-11-14(5-2-8-18-11)16(21)19-15-7-6-13(17)10-12(15)4-3-9-20/h2,5-8,10,20H,9H2,1H3,(H,19,21). The highest BCUT2D eigenvalue weighted by Crippen LogP contribution is 2.21. The first-order valence-corrected chi connectivity index (χ1v) is 6.62. The van der Waals surface area contributed by atoms with E-state index in [4.69, 9.17) is 16.7 Å². The van der Waals surface area contributed by atoms with Gasteiger partial charge in [-0.1, -0.05) is 23.4 Å². The van der Waals surface area contributed by atoms with Gasteiger partial charge in [0.05, 0.1) is 11.3 Å². The molecule has 0 aliphatic rings. The van der Waals surface area contributed by atoms with E-state index in [2.05, 4.69) is 22.1 Å². The smallest absolute Gasteiger partial charge is 0.257 e. The Bertz CT molecular complexity index is 733. The molecule has 21 heavy (non-hydrogen) atoms. The summed E-state index contributed by atoms with van der Waals surface area (Å²) in [6.45, 7) is 1.50. The van der Waals surface area contributed by atoms with Crippen molar-refractivity contribution in [3.63, 3.8) is 0 Å². The molecule has 0 aliphatic carbocycles. The van der Waals surface area contributed by atoms with Crippen LogP contribution in [0.3, 0.4) is 0 Å². The zero-order valence-corrected chi connectivity index (χ0v) is 12.1. The van der Waals surface area contributed by atoms with Crippen LogP contribution in [0.15, 0.2) is 36.5 Å². The molecule has 0 atom stereocenters. The molecule has 106 valence electrons. The normalized spacial score (nSPS) is 9.67. The van der Waals surface area contributed by atoms with Gasteiger partial charge in [-0.2, -0.15) is 0 Å². The largest absolute Gasteiger partial charge is 0.384 e. The van der Waals surface area contributed by atoms with Gasteiger partial charge in [0.15, 0.2) is 0 Å².